The highest BCUT2D eigenvalue weighted by Gasteiger charge is 2.04. The van der Waals surface area contributed by atoms with Crippen LogP contribution in [-0.4, -0.2) is 24.8 Å². The van der Waals surface area contributed by atoms with E-state index in [0.717, 1.165) is 12.8 Å². The number of unbranched alkanes of at least 4 members (excludes halogenated alkanes) is 3. The maximum Gasteiger partial charge on any atom is 0.305 e. The fourth-order valence-corrected chi connectivity index (χ4v) is 1.38. The third-order valence-corrected chi connectivity index (χ3v) is 2.47. The zero-order valence-electron chi connectivity index (χ0n) is 11.9. The Balaban J connectivity index is 3.66. The molecule has 0 radical (unpaired) electrons. The van der Waals surface area contributed by atoms with Gasteiger partial charge < -0.3 is 4.74 Å². The summed E-state index contributed by atoms with van der Waals surface area (Å²) in [6.07, 6.45) is 7.36. The van der Waals surface area contributed by atoms with Crippen LogP contribution in [0.5, 0.6) is 0 Å². The van der Waals surface area contributed by atoms with Crippen LogP contribution in [0.2, 0.25) is 0 Å². The Morgan fingerprint density at radius 2 is 2.17 bits per heavy atom. The lowest BCUT2D eigenvalue weighted by atomic mass is 10.2. The molecule has 0 saturated heterocycles. The van der Waals surface area contributed by atoms with E-state index < -0.39 is 0 Å². The second kappa shape index (κ2) is 12.2. The number of hydrogen-bond donors (Lipinski definition) is 0. The highest BCUT2D eigenvalue weighted by atomic mass is 16.5. The summed E-state index contributed by atoms with van der Waals surface area (Å²) in [7, 11) is 0. The molecule has 1 unspecified atom stereocenters. The molecule has 0 fully saturated rings. The lowest BCUT2D eigenvalue weighted by Gasteiger charge is -2.04. The molecule has 0 aliphatic rings. The summed E-state index contributed by atoms with van der Waals surface area (Å²) >= 11 is 0. The van der Waals surface area contributed by atoms with Crippen LogP contribution in [0.3, 0.4) is 0 Å². The molecule has 0 aromatic carbocycles. The summed E-state index contributed by atoms with van der Waals surface area (Å²) in [6.45, 7) is 6.42. The molecule has 102 valence electrons. The number of carbonyl (C=O) groups is 1. The van der Waals surface area contributed by atoms with E-state index in [2.05, 4.69) is 23.8 Å². The predicted molar refractivity (Wildman–Crippen MR) is 75.7 cm³/mol. The molecular weight excluding hydrogens is 226 g/mol. The van der Waals surface area contributed by atoms with E-state index in [1.54, 1.807) is 6.21 Å². The summed E-state index contributed by atoms with van der Waals surface area (Å²) in [5.74, 6) is 5.85. The van der Waals surface area contributed by atoms with Gasteiger partial charge in [-0.1, -0.05) is 31.6 Å². The highest BCUT2D eigenvalue weighted by Crippen LogP contribution is 2.02. The molecule has 0 amide bonds. The van der Waals surface area contributed by atoms with Crippen LogP contribution in [0.25, 0.3) is 0 Å². The van der Waals surface area contributed by atoms with Crippen LogP contribution < -0.4 is 0 Å². The SMILES string of the molecule is CCCCCC#CC=NC(C)CCC(=O)OCC. The van der Waals surface area contributed by atoms with Crippen LogP contribution in [0.1, 0.15) is 59.3 Å². The smallest absolute Gasteiger partial charge is 0.305 e. The van der Waals surface area contributed by atoms with Gasteiger partial charge in [0, 0.05) is 18.9 Å². The second-order valence-corrected chi connectivity index (χ2v) is 4.25. The molecule has 3 heteroatoms. The van der Waals surface area contributed by atoms with Crippen molar-refractivity contribution in [2.24, 2.45) is 4.99 Å². The number of nitrogens with zero attached hydrogens (tertiary/aromatic N) is 1. The van der Waals surface area contributed by atoms with Gasteiger partial charge in [-0.15, -0.1) is 0 Å². The summed E-state index contributed by atoms with van der Waals surface area (Å²) in [4.78, 5) is 15.4. The first kappa shape index (κ1) is 16.7. The maximum atomic E-state index is 11.1. The van der Waals surface area contributed by atoms with Crippen LogP contribution in [0.15, 0.2) is 4.99 Å². The van der Waals surface area contributed by atoms with E-state index in [9.17, 15) is 4.79 Å². The minimum Gasteiger partial charge on any atom is -0.466 e. The summed E-state index contributed by atoms with van der Waals surface area (Å²) < 4.78 is 4.85. The van der Waals surface area contributed by atoms with Crippen molar-refractivity contribution in [3.63, 3.8) is 0 Å². The number of carbonyl (C=O) groups excluding carboxylic acids is 1. The van der Waals surface area contributed by atoms with Crippen molar-refractivity contribution >= 4 is 12.2 Å². The van der Waals surface area contributed by atoms with Crippen molar-refractivity contribution < 1.29 is 9.53 Å². The van der Waals surface area contributed by atoms with E-state index in [-0.39, 0.29) is 12.0 Å². The van der Waals surface area contributed by atoms with E-state index >= 15 is 0 Å². The molecule has 0 aromatic rings. The molecule has 0 aliphatic heterocycles. The first-order valence-electron chi connectivity index (χ1n) is 6.86. The summed E-state index contributed by atoms with van der Waals surface area (Å²) in [6, 6.07) is 0.124. The first-order valence-corrected chi connectivity index (χ1v) is 6.86. The third-order valence-electron chi connectivity index (χ3n) is 2.47. The molecule has 0 spiro atoms. The van der Waals surface area contributed by atoms with Crippen molar-refractivity contribution in [3.8, 4) is 11.8 Å². The molecular formula is C15H25NO2. The molecule has 0 rings (SSSR count). The molecule has 1 atom stereocenters. The summed E-state index contributed by atoms with van der Waals surface area (Å²) in [5.41, 5.74) is 0. The zero-order chi connectivity index (χ0) is 13.6. The van der Waals surface area contributed by atoms with Gasteiger partial charge in [0.2, 0.25) is 0 Å². The lowest BCUT2D eigenvalue weighted by Crippen LogP contribution is -2.07. The normalized spacial score (nSPS) is 11.9. The monoisotopic (exact) mass is 251 g/mol. The van der Waals surface area contributed by atoms with Crippen LogP contribution >= 0.6 is 0 Å². The van der Waals surface area contributed by atoms with Gasteiger partial charge in [-0.2, -0.15) is 0 Å². The van der Waals surface area contributed by atoms with E-state index in [1.165, 1.54) is 12.8 Å². The van der Waals surface area contributed by atoms with E-state index in [4.69, 9.17) is 4.74 Å². The quantitative estimate of drug-likeness (QED) is 0.287. The van der Waals surface area contributed by atoms with Crippen molar-refractivity contribution in [2.45, 2.75) is 65.3 Å². The average Bonchev–Trinajstić information content (AvgIpc) is 2.35. The van der Waals surface area contributed by atoms with Crippen molar-refractivity contribution in [2.75, 3.05) is 6.61 Å². The van der Waals surface area contributed by atoms with Gasteiger partial charge in [-0.05, 0) is 26.7 Å². The van der Waals surface area contributed by atoms with Crippen molar-refractivity contribution in [1.29, 1.82) is 0 Å². The first-order chi connectivity index (χ1) is 8.70. The summed E-state index contributed by atoms with van der Waals surface area (Å²) in [5, 5.41) is 0. The number of ether oxygens (including phenoxy) is 1. The fourth-order valence-electron chi connectivity index (χ4n) is 1.38. The fraction of sp³-hybridized carbons (Fsp3) is 0.733. The van der Waals surface area contributed by atoms with Gasteiger partial charge in [0.05, 0.1) is 12.8 Å². The Hall–Kier alpha value is -1.30. The molecule has 0 saturated carbocycles. The van der Waals surface area contributed by atoms with Crippen molar-refractivity contribution in [3.05, 3.63) is 0 Å². The molecule has 0 heterocycles. The molecule has 0 aliphatic carbocycles. The van der Waals surface area contributed by atoms with Gasteiger partial charge in [0.1, 0.15) is 0 Å². The van der Waals surface area contributed by atoms with Gasteiger partial charge in [0.25, 0.3) is 0 Å². The van der Waals surface area contributed by atoms with Gasteiger partial charge in [-0.25, -0.2) is 0 Å². The van der Waals surface area contributed by atoms with Gasteiger partial charge in [-0.3, -0.25) is 9.79 Å². The van der Waals surface area contributed by atoms with Gasteiger partial charge in [0.15, 0.2) is 0 Å². The number of esters is 1. The highest BCUT2D eigenvalue weighted by molar-refractivity contribution is 5.78. The minimum atomic E-state index is -0.148. The number of aliphatic imine (C=N–C) groups is 1. The minimum absolute atomic E-state index is 0.124. The Kier molecular flexibility index (Phi) is 11.3. The molecule has 0 N–H and O–H groups in total. The number of rotatable bonds is 8. The largest absolute Gasteiger partial charge is 0.466 e. The maximum absolute atomic E-state index is 11.1. The van der Waals surface area contributed by atoms with Crippen LogP contribution in [0, 0.1) is 11.8 Å². The second-order valence-electron chi connectivity index (χ2n) is 4.25. The van der Waals surface area contributed by atoms with Crippen LogP contribution in [-0.2, 0) is 9.53 Å². The Morgan fingerprint density at radius 1 is 1.39 bits per heavy atom. The molecule has 18 heavy (non-hydrogen) atoms. The Morgan fingerprint density at radius 3 is 2.83 bits per heavy atom. The molecule has 3 nitrogen and oxygen atoms in total. The third kappa shape index (κ3) is 11.2. The van der Waals surface area contributed by atoms with Gasteiger partial charge >= 0.3 is 5.97 Å². The topological polar surface area (TPSA) is 38.7 Å². The number of hydrogen-bond acceptors (Lipinski definition) is 3. The van der Waals surface area contributed by atoms with E-state index in [1.807, 2.05) is 13.8 Å². The predicted octanol–water partition coefficient (Wildman–Crippen LogP) is 3.37. The van der Waals surface area contributed by atoms with E-state index in [0.29, 0.717) is 19.4 Å². The lowest BCUT2D eigenvalue weighted by molar-refractivity contribution is -0.143. The Bertz CT molecular complexity index is 299. The molecule has 0 aromatic heterocycles. The standard InChI is InChI=1S/C15H25NO2/c1-4-6-7-8-9-10-13-16-14(3)11-12-15(17)18-5-2/h13-14H,4-8,11-12H2,1-3H3. The van der Waals surface area contributed by atoms with Crippen LogP contribution in [0.4, 0.5) is 0 Å². The van der Waals surface area contributed by atoms with Crippen molar-refractivity contribution in [1.82, 2.24) is 0 Å². The zero-order valence-corrected chi connectivity index (χ0v) is 11.9. The average molecular weight is 251 g/mol. The molecule has 0 bridgehead atoms. The Labute approximate surface area is 111 Å².